The SMILES string of the molecule is Cc1nn(Cc2ccccc2)c(Cl)c1C(=O)NCCCn1nc2n(c1=O)CCCC2. The summed E-state index contributed by atoms with van der Waals surface area (Å²) >= 11 is 6.44. The van der Waals surface area contributed by atoms with Crippen molar-refractivity contribution >= 4 is 17.5 Å². The lowest BCUT2D eigenvalue weighted by molar-refractivity contribution is 0.0952. The molecule has 0 radical (unpaired) electrons. The van der Waals surface area contributed by atoms with E-state index < -0.39 is 0 Å². The predicted molar refractivity (Wildman–Crippen MR) is 114 cm³/mol. The Morgan fingerprint density at radius 3 is 2.73 bits per heavy atom. The largest absolute Gasteiger partial charge is 0.352 e. The van der Waals surface area contributed by atoms with E-state index in [0.29, 0.717) is 42.5 Å². The van der Waals surface area contributed by atoms with Gasteiger partial charge in [0.15, 0.2) is 0 Å². The van der Waals surface area contributed by atoms with E-state index in [4.69, 9.17) is 11.6 Å². The average molecular weight is 429 g/mol. The average Bonchev–Trinajstić information content (AvgIpc) is 3.22. The molecule has 1 amide bonds. The van der Waals surface area contributed by atoms with Crippen LogP contribution in [0.4, 0.5) is 0 Å². The Bertz CT molecular complexity index is 1100. The van der Waals surface area contributed by atoms with Crippen molar-refractivity contribution in [1.82, 2.24) is 29.4 Å². The molecule has 3 aromatic rings. The summed E-state index contributed by atoms with van der Waals surface area (Å²) in [6.07, 6.45) is 3.55. The number of carbonyl (C=O) groups is 1. The number of halogens is 1. The van der Waals surface area contributed by atoms with Gasteiger partial charge in [-0.05, 0) is 31.7 Å². The smallest absolute Gasteiger partial charge is 0.345 e. The van der Waals surface area contributed by atoms with Gasteiger partial charge in [0.1, 0.15) is 11.0 Å². The van der Waals surface area contributed by atoms with Crippen LogP contribution in [0.25, 0.3) is 0 Å². The van der Waals surface area contributed by atoms with Gasteiger partial charge in [-0.2, -0.15) is 10.2 Å². The highest BCUT2D eigenvalue weighted by atomic mass is 35.5. The summed E-state index contributed by atoms with van der Waals surface area (Å²) in [5.74, 6) is 0.608. The van der Waals surface area contributed by atoms with E-state index in [1.807, 2.05) is 30.3 Å². The van der Waals surface area contributed by atoms with E-state index in [-0.39, 0.29) is 11.6 Å². The molecule has 0 fully saturated rings. The van der Waals surface area contributed by atoms with Crippen LogP contribution in [0.15, 0.2) is 35.1 Å². The molecule has 0 saturated heterocycles. The lowest BCUT2D eigenvalue weighted by atomic mass is 10.2. The summed E-state index contributed by atoms with van der Waals surface area (Å²) in [5, 5.41) is 12.0. The third-order valence-corrected chi connectivity index (χ3v) is 5.72. The van der Waals surface area contributed by atoms with E-state index in [9.17, 15) is 9.59 Å². The Morgan fingerprint density at radius 2 is 1.97 bits per heavy atom. The first kappa shape index (κ1) is 20.4. The van der Waals surface area contributed by atoms with Gasteiger partial charge in [0, 0.05) is 26.1 Å². The first-order chi connectivity index (χ1) is 14.5. The number of rotatable bonds is 7. The molecule has 1 N–H and O–H groups in total. The summed E-state index contributed by atoms with van der Waals surface area (Å²) < 4.78 is 4.89. The highest BCUT2D eigenvalue weighted by Gasteiger charge is 2.20. The van der Waals surface area contributed by atoms with E-state index in [0.717, 1.165) is 37.2 Å². The lowest BCUT2D eigenvalue weighted by Gasteiger charge is -2.09. The highest BCUT2D eigenvalue weighted by molar-refractivity contribution is 6.33. The van der Waals surface area contributed by atoms with Gasteiger partial charge in [-0.3, -0.25) is 9.36 Å². The third-order valence-electron chi connectivity index (χ3n) is 5.33. The third kappa shape index (κ3) is 4.18. The molecule has 9 heteroatoms. The number of aryl methyl sites for hydroxylation is 3. The Kier molecular flexibility index (Phi) is 6.03. The first-order valence-electron chi connectivity index (χ1n) is 10.3. The van der Waals surface area contributed by atoms with Crippen LogP contribution in [0.5, 0.6) is 0 Å². The van der Waals surface area contributed by atoms with Gasteiger partial charge in [-0.15, -0.1) is 0 Å². The highest BCUT2D eigenvalue weighted by Crippen LogP contribution is 2.21. The first-order valence-corrected chi connectivity index (χ1v) is 10.6. The van der Waals surface area contributed by atoms with Crippen molar-refractivity contribution in [1.29, 1.82) is 0 Å². The van der Waals surface area contributed by atoms with Gasteiger partial charge in [0.25, 0.3) is 5.91 Å². The second-order valence-corrected chi connectivity index (χ2v) is 7.89. The molecule has 0 saturated carbocycles. The minimum atomic E-state index is -0.256. The zero-order chi connectivity index (χ0) is 21.1. The predicted octanol–water partition coefficient (Wildman–Crippen LogP) is 2.41. The van der Waals surface area contributed by atoms with Crippen LogP contribution in [-0.4, -0.2) is 36.6 Å². The Morgan fingerprint density at radius 1 is 1.17 bits per heavy atom. The Labute approximate surface area is 179 Å². The monoisotopic (exact) mass is 428 g/mol. The molecule has 0 unspecified atom stereocenters. The van der Waals surface area contributed by atoms with Crippen LogP contribution in [0, 0.1) is 6.92 Å². The number of amides is 1. The lowest BCUT2D eigenvalue weighted by Crippen LogP contribution is -2.29. The summed E-state index contributed by atoms with van der Waals surface area (Å²) in [4.78, 5) is 25.0. The van der Waals surface area contributed by atoms with Crippen LogP contribution in [0.2, 0.25) is 5.15 Å². The van der Waals surface area contributed by atoms with Gasteiger partial charge in [-0.25, -0.2) is 14.2 Å². The van der Waals surface area contributed by atoms with Crippen LogP contribution in [0.3, 0.4) is 0 Å². The molecule has 2 aromatic heterocycles. The van der Waals surface area contributed by atoms with Crippen LogP contribution in [-0.2, 0) is 26.1 Å². The number of nitrogens with one attached hydrogen (secondary N) is 1. The normalized spacial score (nSPS) is 13.3. The molecule has 0 spiro atoms. The number of fused-ring (bicyclic) bond motifs is 1. The summed E-state index contributed by atoms with van der Waals surface area (Å²) in [5.41, 5.74) is 1.98. The minimum Gasteiger partial charge on any atom is -0.352 e. The standard InChI is InChI=1S/C21H25ClN6O2/c1-15-18(19(22)28(24-15)14-16-8-3-2-4-9-16)20(29)23-11-7-13-27-21(30)26-12-6-5-10-17(26)25-27/h2-4,8-9H,5-7,10-14H2,1H3,(H,23,29). The van der Waals surface area contributed by atoms with Crippen LogP contribution in [0.1, 0.15) is 46.7 Å². The fourth-order valence-electron chi connectivity index (χ4n) is 3.79. The van der Waals surface area contributed by atoms with Crippen molar-refractivity contribution in [2.75, 3.05) is 6.54 Å². The van der Waals surface area contributed by atoms with Crippen LogP contribution >= 0.6 is 11.6 Å². The number of aromatic nitrogens is 5. The molecule has 158 valence electrons. The summed E-state index contributed by atoms with van der Waals surface area (Å²) in [7, 11) is 0. The molecule has 1 aromatic carbocycles. The second-order valence-electron chi connectivity index (χ2n) is 7.53. The summed E-state index contributed by atoms with van der Waals surface area (Å²) in [6.45, 7) is 3.92. The molecule has 0 bridgehead atoms. The molecule has 4 rings (SSSR count). The van der Waals surface area contributed by atoms with E-state index in [1.165, 1.54) is 4.68 Å². The maximum atomic E-state index is 12.7. The summed E-state index contributed by atoms with van der Waals surface area (Å²) in [6, 6.07) is 9.83. The van der Waals surface area contributed by atoms with Crippen molar-refractivity contribution in [3.63, 3.8) is 0 Å². The zero-order valence-electron chi connectivity index (χ0n) is 17.0. The molecule has 30 heavy (non-hydrogen) atoms. The molecule has 0 aliphatic carbocycles. The molecular weight excluding hydrogens is 404 g/mol. The number of hydrogen-bond donors (Lipinski definition) is 1. The van der Waals surface area contributed by atoms with E-state index >= 15 is 0 Å². The van der Waals surface area contributed by atoms with E-state index in [2.05, 4.69) is 15.5 Å². The van der Waals surface area contributed by atoms with Crippen LogP contribution < -0.4 is 11.0 Å². The molecule has 1 aliphatic heterocycles. The molecular formula is C21H25ClN6O2. The quantitative estimate of drug-likeness (QED) is 0.585. The van der Waals surface area contributed by atoms with Crippen molar-refractivity contribution < 1.29 is 4.79 Å². The fourth-order valence-corrected chi connectivity index (χ4v) is 4.11. The zero-order valence-corrected chi connectivity index (χ0v) is 17.7. The van der Waals surface area contributed by atoms with Gasteiger partial charge < -0.3 is 5.32 Å². The van der Waals surface area contributed by atoms with Crippen molar-refractivity contribution in [3.8, 4) is 0 Å². The Hall–Kier alpha value is -2.87. The number of hydrogen-bond acceptors (Lipinski definition) is 4. The Balaban J connectivity index is 1.34. The van der Waals surface area contributed by atoms with Crippen molar-refractivity contribution in [2.45, 2.75) is 52.2 Å². The number of nitrogens with zero attached hydrogens (tertiary/aromatic N) is 5. The number of carbonyl (C=O) groups excluding carboxylic acids is 1. The van der Waals surface area contributed by atoms with Gasteiger partial charge in [0.2, 0.25) is 0 Å². The maximum Gasteiger partial charge on any atom is 0.345 e. The van der Waals surface area contributed by atoms with E-state index in [1.54, 1.807) is 16.2 Å². The maximum absolute atomic E-state index is 12.7. The van der Waals surface area contributed by atoms with Gasteiger partial charge >= 0.3 is 5.69 Å². The second kappa shape index (κ2) is 8.87. The topological polar surface area (TPSA) is 86.7 Å². The van der Waals surface area contributed by atoms with Crippen molar-refractivity contribution in [2.24, 2.45) is 0 Å². The van der Waals surface area contributed by atoms with Gasteiger partial charge in [0.05, 0.1) is 17.8 Å². The molecule has 8 nitrogen and oxygen atoms in total. The molecule has 1 aliphatic rings. The molecule has 0 atom stereocenters. The molecule has 3 heterocycles. The fraction of sp³-hybridized carbons (Fsp3) is 0.429. The minimum absolute atomic E-state index is 0.0582. The van der Waals surface area contributed by atoms with Crippen molar-refractivity contribution in [3.05, 3.63) is 68.6 Å². The number of benzene rings is 1. The van der Waals surface area contributed by atoms with Gasteiger partial charge in [-0.1, -0.05) is 41.9 Å².